The summed E-state index contributed by atoms with van der Waals surface area (Å²) in [5, 5.41) is 15.4. The fourth-order valence-electron chi connectivity index (χ4n) is 2.38. The summed E-state index contributed by atoms with van der Waals surface area (Å²) in [5.74, 6) is 0.0247. The molecule has 1 saturated carbocycles. The predicted octanol–water partition coefficient (Wildman–Crippen LogP) is -0.214. The molecule has 1 amide bonds. The summed E-state index contributed by atoms with van der Waals surface area (Å²) in [6.07, 6.45) is 4.87. The van der Waals surface area contributed by atoms with Gasteiger partial charge in [-0.3, -0.25) is 4.79 Å². The molecule has 1 saturated heterocycles. The van der Waals surface area contributed by atoms with Crippen LogP contribution in [0.15, 0.2) is 0 Å². The van der Waals surface area contributed by atoms with E-state index in [1.807, 2.05) is 0 Å². The van der Waals surface area contributed by atoms with Gasteiger partial charge >= 0.3 is 0 Å². The van der Waals surface area contributed by atoms with Crippen LogP contribution in [0.3, 0.4) is 0 Å². The highest BCUT2D eigenvalue weighted by atomic mass is 16.5. The monoisotopic (exact) mass is 242 g/mol. The summed E-state index contributed by atoms with van der Waals surface area (Å²) in [6.45, 7) is 1.90. The van der Waals surface area contributed by atoms with Crippen molar-refractivity contribution in [1.29, 1.82) is 0 Å². The third-order valence-electron chi connectivity index (χ3n) is 3.82. The van der Waals surface area contributed by atoms with Crippen molar-refractivity contribution in [3.05, 3.63) is 0 Å². The molecule has 0 aromatic rings. The summed E-state index contributed by atoms with van der Waals surface area (Å²) in [5.41, 5.74) is -0.187. The van der Waals surface area contributed by atoms with Crippen LogP contribution in [0.25, 0.3) is 0 Å². The van der Waals surface area contributed by atoms with Crippen LogP contribution in [0.4, 0.5) is 0 Å². The van der Waals surface area contributed by atoms with Gasteiger partial charge in [0.1, 0.15) is 0 Å². The molecular weight excluding hydrogens is 220 g/mol. The van der Waals surface area contributed by atoms with E-state index in [9.17, 15) is 9.90 Å². The Bertz CT molecular complexity index is 255. The lowest BCUT2D eigenvalue weighted by Crippen LogP contribution is -2.57. The molecule has 0 spiro atoms. The highest BCUT2D eigenvalue weighted by Crippen LogP contribution is 2.30. The van der Waals surface area contributed by atoms with E-state index in [0.29, 0.717) is 6.54 Å². The first-order valence-electron chi connectivity index (χ1n) is 6.47. The van der Waals surface area contributed by atoms with Gasteiger partial charge in [-0.05, 0) is 32.1 Å². The Hall–Kier alpha value is -0.650. The number of amides is 1. The lowest BCUT2D eigenvalue weighted by molar-refractivity contribution is -0.122. The number of hydrogen-bond donors (Lipinski definition) is 3. The lowest BCUT2D eigenvalue weighted by Gasteiger charge is -2.41. The third-order valence-corrected chi connectivity index (χ3v) is 3.82. The van der Waals surface area contributed by atoms with Gasteiger partial charge in [-0.1, -0.05) is 0 Å². The van der Waals surface area contributed by atoms with E-state index in [2.05, 4.69) is 10.6 Å². The number of carbonyl (C=O) groups is 1. The summed E-state index contributed by atoms with van der Waals surface area (Å²) < 4.78 is 5.24. The second-order valence-electron chi connectivity index (χ2n) is 5.10. The normalized spacial score (nSPS) is 24.1. The lowest BCUT2D eigenvalue weighted by atomic mass is 9.77. The Balaban J connectivity index is 1.66. The molecule has 2 rings (SSSR count). The minimum atomic E-state index is -0.187. The molecule has 17 heavy (non-hydrogen) atoms. The molecule has 0 unspecified atom stereocenters. The van der Waals surface area contributed by atoms with Crippen LogP contribution in [0, 0.1) is 0 Å². The Morgan fingerprint density at radius 1 is 1.35 bits per heavy atom. The van der Waals surface area contributed by atoms with Crippen molar-refractivity contribution in [1.82, 2.24) is 10.6 Å². The first-order valence-corrected chi connectivity index (χ1v) is 6.47. The van der Waals surface area contributed by atoms with Gasteiger partial charge in [0.25, 0.3) is 0 Å². The second kappa shape index (κ2) is 5.80. The number of carbonyl (C=O) groups excluding carboxylic acids is 1. The third kappa shape index (κ3) is 3.40. The Morgan fingerprint density at radius 3 is 2.59 bits per heavy atom. The molecule has 98 valence electrons. The van der Waals surface area contributed by atoms with E-state index in [0.717, 1.165) is 45.3 Å². The smallest absolute Gasteiger partial charge is 0.234 e. The minimum Gasteiger partial charge on any atom is -0.394 e. The van der Waals surface area contributed by atoms with Crippen LogP contribution in [0.2, 0.25) is 0 Å². The molecule has 1 aliphatic heterocycles. The van der Waals surface area contributed by atoms with Crippen molar-refractivity contribution in [3.63, 3.8) is 0 Å². The molecule has 0 radical (unpaired) electrons. The molecule has 3 N–H and O–H groups in total. The SMILES string of the molecule is O=C(CNC1(CO)CCC1)NC1CCOCC1. The fraction of sp³-hybridized carbons (Fsp3) is 0.917. The van der Waals surface area contributed by atoms with Crippen molar-refractivity contribution in [3.8, 4) is 0 Å². The number of nitrogens with one attached hydrogen (secondary N) is 2. The van der Waals surface area contributed by atoms with Gasteiger partial charge in [-0.2, -0.15) is 0 Å². The highest BCUT2D eigenvalue weighted by Gasteiger charge is 2.36. The van der Waals surface area contributed by atoms with E-state index in [1.54, 1.807) is 0 Å². The van der Waals surface area contributed by atoms with E-state index in [-0.39, 0.29) is 24.1 Å². The van der Waals surface area contributed by atoms with Crippen molar-refractivity contribution in [2.45, 2.75) is 43.7 Å². The van der Waals surface area contributed by atoms with E-state index in [4.69, 9.17) is 4.74 Å². The van der Waals surface area contributed by atoms with Gasteiger partial charge in [0.2, 0.25) is 5.91 Å². The summed E-state index contributed by atoms with van der Waals surface area (Å²) in [6, 6.07) is 0.254. The van der Waals surface area contributed by atoms with Gasteiger partial charge in [0.15, 0.2) is 0 Å². The zero-order valence-electron chi connectivity index (χ0n) is 10.2. The average Bonchev–Trinajstić information content (AvgIpc) is 2.29. The molecule has 1 aliphatic carbocycles. The van der Waals surface area contributed by atoms with Crippen molar-refractivity contribution < 1.29 is 14.6 Å². The molecule has 0 aromatic heterocycles. The maximum absolute atomic E-state index is 11.7. The van der Waals surface area contributed by atoms with Gasteiger partial charge in [0.05, 0.1) is 13.2 Å². The van der Waals surface area contributed by atoms with Crippen molar-refractivity contribution in [2.24, 2.45) is 0 Å². The van der Waals surface area contributed by atoms with E-state index < -0.39 is 0 Å². The number of hydrogen-bond acceptors (Lipinski definition) is 4. The Kier molecular flexibility index (Phi) is 4.36. The zero-order chi connectivity index (χ0) is 12.1. The standard InChI is InChI=1S/C12H22N2O3/c15-9-12(4-1-5-12)13-8-11(16)14-10-2-6-17-7-3-10/h10,13,15H,1-9H2,(H,14,16). The Morgan fingerprint density at radius 2 is 2.06 bits per heavy atom. The van der Waals surface area contributed by atoms with Crippen LogP contribution < -0.4 is 10.6 Å². The summed E-state index contributed by atoms with van der Waals surface area (Å²) >= 11 is 0. The molecule has 0 aromatic carbocycles. The number of aliphatic hydroxyl groups excluding tert-OH is 1. The average molecular weight is 242 g/mol. The predicted molar refractivity (Wildman–Crippen MR) is 63.7 cm³/mol. The largest absolute Gasteiger partial charge is 0.394 e. The molecule has 0 atom stereocenters. The molecule has 5 heteroatoms. The van der Waals surface area contributed by atoms with Gasteiger partial charge in [-0.25, -0.2) is 0 Å². The zero-order valence-corrected chi connectivity index (χ0v) is 10.2. The molecule has 0 bridgehead atoms. The molecule has 5 nitrogen and oxygen atoms in total. The van der Waals surface area contributed by atoms with Crippen LogP contribution in [0.1, 0.15) is 32.1 Å². The maximum atomic E-state index is 11.7. The summed E-state index contributed by atoms with van der Waals surface area (Å²) in [7, 11) is 0. The first-order chi connectivity index (χ1) is 8.24. The second-order valence-corrected chi connectivity index (χ2v) is 5.10. The number of rotatable bonds is 5. The number of aliphatic hydroxyl groups is 1. The first kappa shape index (κ1) is 12.8. The van der Waals surface area contributed by atoms with Crippen LogP contribution in [-0.2, 0) is 9.53 Å². The minimum absolute atomic E-state index is 0.0247. The van der Waals surface area contributed by atoms with Crippen molar-refractivity contribution >= 4 is 5.91 Å². The molecule has 1 heterocycles. The topological polar surface area (TPSA) is 70.6 Å². The maximum Gasteiger partial charge on any atom is 0.234 e. The molecule has 2 aliphatic rings. The number of ether oxygens (including phenoxy) is 1. The van der Waals surface area contributed by atoms with Gasteiger partial charge < -0.3 is 20.5 Å². The van der Waals surface area contributed by atoms with E-state index in [1.165, 1.54) is 0 Å². The van der Waals surface area contributed by atoms with Crippen LogP contribution in [-0.4, -0.2) is 49.0 Å². The summed E-state index contributed by atoms with van der Waals surface area (Å²) in [4.78, 5) is 11.7. The molecule has 2 fully saturated rings. The van der Waals surface area contributed by atoms with Crippen molar-refractivity contribution in [2.75, 3.05) is 26.4 Å². The Labute approximate surface area is 102 Å². The molecular formula is C12H22N2O3. The van der Waals surface area contributed by atoms with E-state index >= 15 is 0 Å². The van der Waals surface area contributed by atoms with Gasteiger partial charge in [0, 0.05) is 24.8 Å². The fourth-order valence-corrected chi connectivity index (χ4v) is 2.38. The van der Waals surface area contributed by atoms with Crippen LogP contribution >= 0.6 is 0 Å². The highest BCUT2D eigenvalue weighted by molar-refractivity contribution is 5.78. The quantitative estimate of drug-likeness (QED) is 0.624. The van der Waals surface area contributed by atoms with Crippen LogP contribution in [0.5, 0.6) is 0 Å². The van der Waals surface area contributed by atoms with Gasteiger partial charge in [-0.15, -0.1) is 0 Å².